The molecule has 0 aromatic heterocycles. The number of nitrogens with zero attached hydrogens (tertiary/aromatic N) is 1. The molecular formula is C10H7Cl2NO2S. The van der Waals surface area contributed by atoms with E-state index in [9.17, 15) is 8.42 Å². The fourth-order valence-electron chi connectivity index (χ4n) is 1.12. The molecule has 84 valence electrons. The molecule has 0 unspecified atom stereocenters. The van der Waals surface area contributed by atoms with E-state index in [2.05, 4.69) is 0 Å². The van der Waals surface area contributed by atoms with E-state index in [1.807, 2.05) is 0 Å². The number of nitriles is 1. The Morgan fingerprint density at radius 3 is 2.31 bits per heavy atom. The molecule has 6 heteroatoms. The Balaban J connectivity index is 3.12. The van der Waals surface area contributed by atoms with Crippen LogP contribution in [0, 0.1) is 11.3 Å². The second kappa shape index (κ2) is 5.35. The van der Waals surface area contributed by atoms with Gasteiger partial charge in [0.1, 0.15) is 10.9 Å². The normalized spacial score (nSPS) is 10.6. The van der Waals surface area contributed by atoms with Crippen LogP contribution in [0.25, 0.3) is 0 Å². The Morgan fingerprint density at radius 2 is 1.88 bits per heavy atom. The summed E-state index contributed by atoms with van der Waals surface area (Å²) in [6, 6.07) is 10.3. The van der Waals surface area contributed by atoms with Crippen LogP contribution in [0.5, 0.6) is 0 Å². The van der Waals surface area contributed by atoms with Crippen LogP contribution in [-0.2, 0) is 16.7 Å². The Labute approximate surface area is 105 Å². The van der Waals surface area contributed by atoms with Crippen LogP contribution >= 0.6 is 23.2 Å². The lowest BCUT2D eigenvalue weighted by atomic mass is 10.1. The molecule has 0 bridgehead atoms. The van der Waals surface area contributed by atoms with Crippen molar-refractivity contribution < 1.29 is 8.42 Å². The summed E-state index contributed by atoms with van der Waals surface area (Å²) in [6.45, 7) is 0. The van der Waals surface area contributed by atoms with E-state index in [1.54, 1.807) is 36.4 Å². The first-order chi connectivity index (χ1) is 7.47. The molecule has 0 aliphatic rings. The molecule has 0 saturated carbocycles. The summed E-state index contributed by atoms with van der Waals surface area (Å²) in [7, 11) is -2.59. The fraction of sp³-hybridized carbons (Fsp3) is 0.200. The van der Waals surface area contributed by atoms with E-state index >= 15 is 0 Å². The van der Waals surface area contributed by atoms with Gasteiger partial charge < -0.3 is 0 Å². The van der Waals surface area contributed by atoms with Crippen molar-refractivity contribution in [3.05, 3.63) is 35.9 Å². The summed E-state index contributed by atoms with van der Waals surface area (Å²) in [5.41, 5.74) is 0.725. The van der Waals surface area contributed by atoms with Gasteiger partial charge in [0.2, 0.25) is 14.6 Å². The van der Waals surface area contributed by atoms with Gasteiger partial charge in [-0.25, -0.2) is 0 Å². The van der Waals surface area contributed by atoms with Gasteiger partial charge in [-0.05, 0) is 5.56 Å². The van der Waals surface area contributed by atoms with Crippen molar-refractivity contribution in [2.45, 2.75) is 10.8 Å². The maximum Gasteiger partial charge on any atom is 0.239 e. The largest absolute Gasteiger partial charge is 0.239 e. The van der Waals surface area contributed by atoms with Crippen LogP contribution in [0.2, 0.25) is 0 Å². The SMILES string of the molecule is N#CC(Cl)(Cl)C(Cc1ccccc1)=S(=O)=O. The van der Waals surface area contributed by atoms with E-state index in [-0.39, 0.29) is 11.3 Å². The fourth-order valence-corrected chi connectivity index (χ4v) is 2.17. The summed E-state index contributed by atoms with van der Waals surface area (Å²) >= 11 is 11.2. The number of hydrogen-bond donors (Lipinski definition) is 0. The molecule has 3 nitrogen and oxygen atoms in total. The van der Waals surface area contributed by atoms with Crippen molar-refractivity contribution >= 4 is 38.4 Å². The second-order valence-electron chi connectivity index (χ2n) is 3.01. The van der Waals surface area contributed by atoms with Crippen LogP contribution in [0.4, 0.5) is 0 Å². The average Bonchev–Trinajstić information content (AvgIpc) is 2.26. The monoisotopic (exact) mass is 275 g/mol. The summed E-state index contributed by atoms with van der Waals surface area (Å²) in [4.78, 5) is -0.246. The molecule has 1 rings (SSSR count). The summed E-state index contributed by atoms with van der Waals surface area (Å²) in [5.74, 6) is 0. The van der Waals surface area contributed by atoms with Gasteiger partial charge in [-0.2, -0.15) is 13.7 Å². The number of alkyl halides is 2. The van der Waals surface area contributed by atoms with E-state index in [0.29, 0.717) is 0 Å². The highest BCUT2D eigenvalue weighted by Gasteiger charge is 2.32. The number of rotatable bonds is 3. The highest BCUT2D eigenvalue weighted by atomic mass is 35.5. The molecular weight excluding hydrogens is 269 g/mol. The van der Waals surface area contributed by atoms with Crippen molar-refractivity contribution in [3.63, 3.8) is 0 Å². The summed E-state index contributed by atoms with van der Waals surface area (Å²) in [5, 5.41) is 8.68. The minimum atomic E-state index is -2.59. The van der Waals surface area contributed by atoms with Crippen molar-refractivity contribution in [1.29, 1.82) is 5.26 Å². The van der Waals surface area contributed by atoms with E-state index in [4.69, 9.17) is 28.5 Å². The number of halogens is 2. The molecule has 0 aliphatic heterocycles. The first kappa shape index (κ1) is 13.0. The molecule has 0 atom stereocenters. The minimum Gasteiger partial charge on any atom is -0.195 e. The third-order valence-corrected chi connectivity index (χ3v) is 3.60. The molecule has 1 aromatic rings. The predicted molar refractivity (Wildman–Crippen MR) is 64.1 cm³/mol. The molecule has 16 heavy (non-hydrogen) atoms. The highest BCUT2D eigenvalue weighted by molar-refractivity contribution is 7.73. The van der Waals surface area contributed by atoms with Crippen LogP contribution in [-0.4, -0.2) is 17.6 Å². The van der Waals surface area contributed by atoms with Gasteiger partial charge in [0.05, 0.1) is 0 Å². The van der Waals surface area contributed by atoms with Crippen LogP contribution in [0.1, 0.15) is 5.56 Å². The smallest absolute Gasteiger partial charge is 0.195 e. The lowest BCUT2D eigenvalue weighted by molar-refractivity contribution is 0.626. The first-order valence-corrected chi connectivity index (χ1v) is 6.09. The van der Waals surface area contributed by atoms with Crippen LogP contribution in [0.3, 0.4) is 0 Å². The molecule has 1 aromatic carbocycles. The Bertz CT molecular complexity index is 536. The second-order valence-corrected chi connectivity index (χ2v) is 5.30. The Morgan fingerprint density at radius 1 is 1.31 bits per heavy atom. The van der Waals surface area contributed by atoms with Gasteiger partial charge in [0.25, 0.3) is 0 Å². The van der Waals surface area contributed by atoms with Crippen molar-refractivity contribution in [1.82, 2.24) is 0 Å². The van der Waals surface area contributed by atoms with Gasteiger partial charge in [0.15, 0.2) is 0 Å². The predicted octanol–water partition coefficient (Wildman–Crippen LogP) is 1.98. The van der Waals surface area contributed by atoms with Gasteiger partial charge >= 0.3 is 0 Å². The van der Waals surface area contributed by atoms with Gasteiger partial charge in [0, 0.05) is 6.42 Å². The summed E-state index contributed by atoms with van der Waals surface area (Å²) < 4.78 is 19.9. The van der Waals surface area contributed by atoms with Gasteiger partial charge in [-0.1, -0.05) is 53.5 Å². The topological polar surface area (TPSA) is 57.9 Å². The Kier molecular flexibility index (Phi) is 4.36. The summed E-state index contributed by atoms with van der Waals surface area (Å²) in [6.07, 6.45) is 0.0253. The van der Waals surface area contributed by atoms with Gasteiger partial charge in [-0.3, -0.25) is 0 Å². The Hall–Kier alpha value is -1.02. The molecule has 0 spiro atoms. The molecule has 0 saturated heterocycles. The zero-order valence-electron chi connectivity index (χ0n) is 8.02. The molecule has 0 heterocycles. The lowest BCUT2D eigenvalue weighted by Gasteiger charge is -2.10. The quantitative estimate of drug-likeness (QED) is 0.626. The van der Waals surface area contributed by atoms with Crippen molar-refractivity contribution in [3.8, 4) is 6.07 Å². The molecule has 0 amide bonds. The van der Waals surface area contributed by atoms with E-state index in [1.165, 1.54) is 0 Å². The zero-order chi connectivity index (χ0) is 12.2. The molecule has 0 aliphatic carbocycles. The molecule has 0 fully saturated rings. The van der Waals surface area contributed by atoms with E-state index in [0.717, 1.165) is 5.56 Å². The maximum absolute atomic E-state index is 11.0. The standard InChI is InChI=1S/C10H7Cl2NO2S/c11-10(12,7-13)9(16(14)15)6-8-4-2-1-3-5-8/h1-5H,6H2. The third-order valence-electron chi connectivity index (χ3n) is 1.90. The highest BCUT2D eigenvalue weighted by Crippen LogP contribution is 2.23. The number of benzene rings is 1. The van der Waals surface area contributed by atoms with Crippen LogP contribution < -0.4 is 0 Å². The molecule has 0 radical (unpaired) electrons. The maximum atomic E-state index is 11.0. The zero-order valence-corrected chi connectivity index (χ0v) is 10.4. The van der Waals surface area contributed by atoms with Crippen molar-refractivity contribution in [2.24, 2.45) is 0 Å². The van der Waals surface area contributed by atoms with E-state index < -0.39 is 14.6 Å². The minimum absolute atomic E-state index is 0.0253. The first-order valence-electron chi connectivity index (χ1n) is 4.26. The van der Waals surface area contributed by atoms with Gasteiger partial charge in [-0.15, -0.1) is 0 Å². The lowest BCUT2D eigenvalue weighted by Crippen LogP contribution is -2.27. The van der Waals surface area contributed by atoms with Crippen molar-refractivity contribution in [2.75, 3.05) is 0 Å². The average molecular weight is 276 g/mol. The molecule has 0 N–H and O–H groups in total. The van der Waals surface area contributed by atoms with Crippen LogP contribution in [0.15, 0.2) is 30.3 Å². The number of hydrogen-bond acceptors (Lipinski definition) is 3. The third kappa shape index (κ3) is 3.24.